The maximum Gasteiger partial charge on any atom is 0.508 e. The Bertz CT molecular complexity index is 1390. The van der Waals surface area contributed by atoms with Crippen LogP contribution in [0.1, 0.15) is 11.3 Å². The summed E-state index contributed by atoms with van der Waals surface area (Å²) in [7, 11) is 0.977. The molecule has 0 saturated heterocycles. The molecule has 0 aliphatic heterocycles. The fourth-order valence-electron chi connectivity index (χ4n) is 3.38. The number of hydrogen-bond acceptors (Lipinski definition) is 9. The van der Waals surface area contributed by atoms with Gasteiger partial charge in [-0.2, -0.15) is 13.2 Å². The molecule has 3 rings (SSSR count). The van der Waals surface area contributed by atoms with Crippen molar-refractivity contribution in [3.63, 3.8) is 0 Å². The molecule has 0 aliphatic rings. The number of amides is 1. The van der Waals surface area contributed by atoms with Gasteiger partial charge in [0, 0.05) is 18.8 Å². The van der Waals surface area contributed by atoms with Gasteiger partial charge in [0.25, 0.3) is 0 Å². The molecule has 1 aromatic carbocycles. The molecule has 11 nitrogen and oxygen atoms in total. The molecule has 0 bridgehead atoms. The zero-order chi connectivity index (χ0) is 29.3. The van der Waals surface area contributed by atoms with Crippen molar-refractivity contribution >= 4 is 34.0 Å². The second-order valence-electron chi connectivity index (χ2n) is 8.21. The van der Waals surface area contributed by atoms with Crippen molar-refractivity contribution in [2.24, 2.45) is 0 Å². The highest BCUT2D eigenvalue weighted by Crippen LogP contribution is 2.26. The molecule has 1 amide bonds. The minimum absolute atomic E-state index is 0.0142. The van der Waals surface area contributed by atoms with E-state index in [1.54, 1.807) is 24.3 Å². The molecule has 3 aromatic rings. The van der Waals surface area contributed by atoms with Crippen LogP contribution < -0.4 is 4.74 Å². The number of ether oxygens (including phenoxy) is 4. The number of aromatic nitrogens is 3. The molecule has 0 radical (unpaired) electrons. The highest BCUT2D eigenvalue weighted by Gasteiger charge is 2.29. The average molecular weight is 585 g/mol. The van der Waals surface area contributed by atoms with Crippen LogP contribution in [0.2, 0.25) is 0 Å². The van der Waals surface area contributed by atoms with Gasteiger partial charge in [0.1, 0.15) is 19.0 Å². The molecule has 1 atom stereocenters. The van der Waals surface area contributed by atoms with Crippen LogP contribution in [0.25, 0.3) is 11.0 Å². The molecule has 2 heterocycles. The topological polar surface area (TPSA) is 122 Å². The summed E-state index contributed by atoms with van der Waals surface area (Å²) in [6, 6.07) is 7.36. The van der Waals surface area contributed by atoms with Gasteiger partial charge in [-0.05, 0) is 31.2 Å². The van der Waals surface area contributed by atoms with Crippen LogP contribution in [0, 0.1) is 6.92 Å². The van der Waals surface area contributed by atoms with Gasteiger partial charge in [-0.1, -0.05) is 12.1 Å². The maximum atomic E-state index is 13.5. The van der Waals surface area contributed by atoms with Crippen molar-refractivity contribution in [1.29, 1.82) is 0 Å². The highest BCUT2D eigenvalue weighted by molar-refractivity contribution is 7.84. The van der Waals surface area contributed by atoms with Crippen LogP contribution in [0.5, 0.6) is 5.75 Å². The number of alkyl halides is 3. The number of fused-ring (bicyclic) bond motifs is 1. The number of likely N-dealkylation sites (N-methyl/N-ethyl adjacent to an activating group) is 1. The third kappa shape index (κ3) is 8.18. The summed E-state index contributed by atoms with van der Waals surface area (Å²) >= 11 is 0. The number of imidazole rings is 1. The first-order valence-electron chi connectivity index (χ1n) is 11.7. The predicted octanol–water partition coefficient (Wildman–Crippen LogP) is 4.20. The van der Waals surface area contributed by atoms with E-state index in [0.29, 0.717) is 11.0 Å². The Morgan fingerprint density at radius 3 is 2.65 bits per heavy atom. The van der Waals surface area contributed by atoms with Crippen LogP contribution in [0.15, 0.2) is 54.0 Å². The molecule has 0 saturated carbocycles. The zero-order valence-corrected chi connectivity index (χ0v) is 22.7. The van der Waals surface area contributed by atoms with Gasteiger partial charge in [0.05, 0.1) is 53.2 Å². The number of para-hydroxylation sites is 2. The summed E-state index contributed by atoms with van der Waals surface area (Å²) in [5, 5.41) is -0.0777. The van der Waals surface area contributed by atoms with E-state index in [1.165, 1.54) is 55.1 Å². The van der Waals surface area contributed by atoms with Crippen molar-refractivity contribution in [3.8, 4) is 5.75 Å². The molecule has 0 fully saturated rings. The Morgan fingerprint density at radius 2 is 1.93 bits per heavy atom. The molecular formula is C25H27F3N4O7S. The number of carbonyl (C=O) groups is 2. The largest absolute Gasteiger partial charge is 0.508 e. The number of halogens is 3. The van der Waals surface area contributed by atoms with Gasteiger partial charge in [-0.15, -0.1) is 0 Å². The summed E-state index contributed by atoms with van der Waals surface area (Å²) in [6.07, 6.45) is -1.40. The first kappa shape index (κ1) is 30.4. The van der Waals surface area contributed by atoms with Gasteiger partial charge < -0.3 is 23.8 Å². The fourth-order valence-corrected chi connectivity index (χ4v) is 4.62. The summed E-state index contributed by atoms with van der Waals surface area (Å²) < 4.78 is 71.8. The van der Waals surface area contributed by atoms with E-state index in [4.69, 9.17) is 14.2 Å². The smallest absolute Gasteiger partial charge is 0.505 e. The lowest BCUT2D eigenvalue weighted by Gasteiger charge is -2.19. The van der Waals surface area contributed by atoms with E-state index in [-0.39, 0.29) is 47.7 Å². The van der Waals surface area contributed by atoms with Crippen molar-refractivity contribution < 1.29 is 45.9 Å². The third-order valence-electron chi connectivity index (χ3n) is 5.35. The normalized spacial score (nSPS) is 12.3. The van der Waals surface area contributed by atoms with Crippen LogP contribution in [0.4, 0.5) is 22.8 Å². The Hall–Kier alpha value is -4.14. The van der Waals surface area contributed by atoms with E-state index in [2.05, 4.69) is 14.7 Å². The summed E-state index contributed by atoms with van der Waals surface area (Å²) in [4.78, 5) is 34.8. The lowest BCUT2D eigenvalue weighted by molar-refractivity contribution is -0.153. The second-order valence-corrected chi connectivity index (χ2v) is 9.56. The zero-order valence-electron chi connectivity index (χ0n) is 21.8. The molecule has 0 unspecified atom stereocenters. The number of nitrogens with zero attached hydrogens (tertiary/aromatic N) is 4. The molecule has 0 aliphatic carbocycles. The number of benzene rings is 1. The highest BCUT2D eigenvalue weighted by atomic mass is 32.2. The average Bonchev–Trinajstić information content (AvgIpc) is 3.30. The van der Waals surface area contributed by atoms with E-state index in [9.17, 15) is 27.0 Å². The summed E-state index contributed by atoms with van der Waals surface area (Å²) in [6.45, 7) is -0.216. The maximum absolute atomic E-state index is 13.5. The SMILES string of the molecule is CO/C=C/COC(=O)OCCN(C)C(=O)n1c([S@](=O)Cc2nccc(OCC(F)(F)F)c2C)nc2ccccc21. The quantitative estimate of drug-likeness (QED) is 0.241. The van der Waals surface area contributed by atoms with E-state index < -0.39 is 35.8 Å². The lowest BCUT2D eigenvalue weighted by Crippen LogP contribution is -2.35. The molecule has 0 N–H and O–H groups in total. The fraction of sp³-hybridized carbons (Fsp3) is 0.360. The predicted molar refractivity (Wildman–Crippen MR) is 137 cm³/mol. The summed E-state index contributed by atoms with van der Waals surface area (Å²) in [5.74, 6) is -0.279. The molecule has 15 heteroatoms. The number of rotatable bonds is 11. The Labute approximate surface area is 229 Å². The van der Waals surface area contributed by atoms with E-state index >= 15 is 0 Å². The first-order valence-corrected chi connectivity index (χ1v) is 13.1. The molecule has 2 aromatic heterocycles. The summed E-state index contributed by atoms with van der Waals surface area (Å²) in [5.41, 5.74) is 1.31. The van der Waals surface area contributed by atoms with Crippen molar-refractivity contribution in [1.82, 2.24) is 19.4 Å². The van der Waals surface area contributed by atoms with Gasteiger partial charge in [-0.25, -0.2) is 19.1 Å². The van der Waals surface area contributed by atoms with Crippen LogP contribution >= 0.6 is 0 Å². The lowest BCUT2D eigenvalue weighted by atomic mass is 10.2. The van der Waals surface area contributed by atoms with E-state index in [0.717, 1.165) is 0 Å². The number of pyridine rings is 1. The van der Waals surface area contributed by atoms with Crippen LogP contribution in [-0.2, 0) is 30.8 Å². The van der Waals surface area contributed by atoms with Gasteiger partial charge in [-0.3, -0.25) is 9.19 Å². The van der Waals surface area contributed by atoms with Crippen LogP contribution in [-0.4, -0.2) is 82.5 Å². The van der Waals surface area contributed by atoms with Crippen LogP contribution in [0.3, 0.4) is 0 Å². The molecule has 216 valence electrons. The second kappa shape index (κ2) is 13.8. The van der Waals surface area contributed by atoms with Gasteiger partial charge in [0.2, 0.25) is 5.16 Å². The monoisotopic (exact) mass is 584 g/mol. The van der Waals surface area contributed by atoms with Gasteiger partial charge >= 0.3 is 18.4 Å². The van der Waals surface area contributed by atoms with Crippen molar-refractivity contribution in [3.05, 3.63) is 60.1 Å². The van der Waals surface area contributed by atoms with Gasteiger partial charge in [0.15, 0.2) is 6.61 Å². The van der Waals surface area contributed by atoms with E-state index in [1.807, 2.05) is 0 Å². The number of carbonyl (C=O) groups excluding carboxylic acids is 2. The third-order valence-corrected chi connectivity index (χ3v) is 6.56. The molecule has 40 heavy (non-hydrogen) atoms. The molecular weight excluding hydrogens is 557 g/mol. The minimum atomic E-state index is -4.53. The number of methoxy groups -OCH3 is 1. The number of hydrogen-bond donors (Lipinski definition) is 0. The Kier molecular flexibility index (Phi) is 10.5. The standard InChI is InChI=1S/C25H27F3N4O7S/c1-17-19(29-10-9-21(17)39-16-25(26,27)28)15-40(35)22-30-18-7-4-5-8-20(18)32(22)23(33)31(2)11-14-38-24(34)37-13-6-12-36-3/h4-10,12H,11,13-16H2,1-3H3/b12-6+/t40-/m1/s1. The Balaban J connectivity index is 1.76. The Morgan fingerprint density at radius 1 is 1.18 bits per heavy atom. The first-order chi connectivity index (χ1) is 19.0. The minimum Gasteiger partial charge on any atom is -0.505 e. The van der Waals surface area contributed by atoms with Crippen molar-refractivity contribution in [2.75, 3.05) is 40.5 Å². The van der Waals surface area contributed by atoms with Crippen molar-refractivity contribution in [2.45, 2.75) is 24.0 Å². The molecule has 0 spiro atoms.